The van der Waals surface area contributed by atoms with E-state index in [0.29, 0.717) is 0 Å². The van der Waals surface area contributed by atoms with Gasteiger partial charge in [-0.1, -0.05) is 101 Å². The summed E-state index contributed by atoms with van der Waals surface area (Å²) in [6.07, 6.45) is 1.08. The Balaban J connectivity index is 1.84. The second-order valence-corrected chi connectivity index (χ2v) is 8.44. The first-order chi connectivity index (χ1) is 12.2. The molecule has 0 amide bonds. The van der Waals surface area contributed by atoms with Crippen LogP contribution in [0, 0.1) is 0 Å². The maximum absolute atomic E-state index is 6.34. The van der Waals surface area contributed by atoms with Crippen LogP contribution in [0.5, 0.6) is 0 Å². The fraction of sp³-hybridized carbons (Fsp3) is 0.182. The second kappa shape index (κ2) is 7.10. The van der Waals surface area contributed by atoms with Crippen molar-refractivity contribution < 1.29 is 0 Å². The van der Waals surface area contributed by atoms with Gasteiger partial charge in [0.25, 0.3) is 0 Å². The predicted molar refractivity (Wildman–Crippen MR) is 113 cm³/mol. The Morgan fingerprint density at radius 2 is 1.68 bits per heavy atom. The van der Waals surface area contributed by atoms with Gasteiger partial charge in [-0.3, -0.25) is 4.90 Å². The summed E-state index contributed by atoms with van der Waals surface area (Å²) < 4.78 is -0.215. The molecule has 126 valence electrons. The molecular weight excluding hydrogens is 441 g/mol. The van der Waals surface area contributed by atoms with Crippen LogP contribution < -0.4 is 0 Å². The third-order valence-electron chi connectivity index (χ3n) is 4.88. The Morgan fingerprint density at radius 1 is 0.920 bits per heavy atom. The molecule has 0 bridgehead atoms. The smallest absolute Gasteiger partial charge is 0.125 e. The number of fused-ring (bicyclic) bond motifs is 1. The van der Waals surface area contributed by atoms with E-state index in [0.717, 1.165) is 24.5 Å². The third kappa shape index (κ3) is 3.23. The van der Waals surface area contributed by atoms with Crippen molar-refractivity contribution in [1.82, 2.24) is 4.90 Å². The number of halogens is 2. The molecule has 1 atom stereocenters. The molecule has 25 heavy (non-hydrogen) atoms. The fourth-order valence-electron chi connectivity index (χ4n) is 3.67. The van der Waals surface area contributed by atoms with Gasteiger partial charge < -0.3 is 0 Å². The molecule has 0 saturated carbocycles. The summed E-state index contributed by atoms with van der Waals surface area (Å²) in [6.45, 7) is 1.95. The maximum atomic E-state index is 6.34. The number of hydrogen-bond acceptors (Lipinski definition) is 1. The normalized spacial score (nSPS) is 20.2. The van der Waals surface area contributed by atoms with Crippen LogP contribution >= 0.6 is 34.2 Å². The molecule has 4 rings (SSSR count). The average Bonchev–Trinajstić information content (AvgIpc) is 2.65. The molecule has 1 heterocycles. The van der Waals surface area contributed by atoms with Gasteiger partial charge in [-0.15, -0.1) is 0 Å². The van der Waals surface area contributed by atoms with Gasteiger partial charge in [0.1, 0.15) is 3.55 Å². The lowest BCUT2D eigenvalue weighted by molar-refractivity contribution is 0.190. The Hall–Kier alpha value is -1.36. The van der Waals surface area contributed by atoms with Crippen molar-refractivity contribution in [3.8, 4) is 0 Å². The molecule has 0 aliphatic carbocycles. The largest absolute Gasteiger partial charge is 0.277 e. The van der Waals surface area contributed by atoms with E-state index in [4.69, 9.17) is 11.6 Å². The lowest BCUT2D eigenvalue weighted by atomic mass is 9.87. The molecule has 0 radical (unpaired) electrons. The number of nitrogens with zero attached hydrogens (tertiary/aromatic N) is 1. The quantitative estimate of drug-likeness (QED) is 0.262. The minimum Gasteiger partial charge on any atom is -0.277 e. The molecule has 1 nitrogen and oxygen atoms in total. The zero-order chi connectivity index (χ0) is 17.3. The van der Waals surface area contributed by atoms with E-state index in [1.807, 2.05) is 6.07 Å². The van der Waals surface area contributed by atoms with Gasteiger partial charge in [0.2, 0.25) is 0 Å². The van der Waals surface area contributed by atoms with Gasteiger partial charge in [-0.2, -0.15) is 0 Å². The van der Waals surface area contributed by atoms with Gasteiger partial charge in [-0.05, 0) is 40.8 Å². The van der Waals surface area contributed by atoms with E-state index in [1.54, 1.807) is 0 Å². The second-order valence-electron chi connectivity index (χ2n) is 6.45. The lowest BCUT2D eigenvalue weighted by Crippen LogP contribution is -2.46. The third-order valence-corrected chi connectivity index (χ3v) is 7.01. The summed E-state index contributed by atoms with van der Waals surface area (Å²) >= 11 is 8.96. The number of benzene rings is 3. The minimum absolute atomic E-state index is 0.215. The van der Waals surface area contributed by atoms with E-state index >= 15 is 0 Å². The molecule has 1 aliphatic rings. The van der Waals surface area contributed by atoms with Gasteiger partial charge in [0.05, 0.1) is 0 Å². The molecule has 0 spiro atoms. The van der Waals surface area contributed by atoms with Crippen LogP contribution in [-0.4, -0.2) is 11.4 Å². The van der Waals surface area contributed by atoms with Crippen molar-refractivity contribution in [2.45, 2.75) is 16.5 Å². The van der Waals surface area contributed by atoms with Crippen LogP contribution in [0.1, 0.15) is 22.3 Å². The van der Waals surface area contributed by atoms with Gasteiger partial charge in [0, 0.05) is 18.1 Å². The van der Waals surface area contributed by atoms with Crippen molar-refractivity contribution in [3.05, 3.63) is 106 Å². The number of alkyl halides is 1. The monoisotopic (exact) mass is 459 g/mol. The van der Waals surface area contributed by atoms with Crippen LogP contribution in [0.4, 0.5) is 0 Å². The highest BCUT2D eigenvalue weighted by atomic mass is 127. The van der Waals surface area contributed by atoms with E-state index < -0.39 is 0 Å². The first-order valence-electron chi connectivity index (χ1n) is 8.50. The Morgan fingerprint density at radius 3 is 2.48 bits per heavy atom. The molecule has 3 heteroatoms. The zero-order valence-electron chi connectivity index (χ0n) is 13.8. The average molecular weight is 460 g/mol. The first kappa shape index (κ1) is 17.1. The highest BCUT2D eigenvalue weighted by molar-refractivity contribution is 14.1. The summed E-state index contributed by atoms with van der Waals surface area (Å²) in [7, 11) is 0. The number of rotatable bonds is 3. The van der Waals surface area contributed by atoms with Crippen LogP contribution in [0.25, 0.3) is 0 Å². The van der Waals surface area contributed by atoms with Gasteiger partial charge in [0.15, 0.2) is 0 Å². The predicted octanol–water partition coefficient (Wildman–Crippen LogP) is 6.03. The summed E-state index contributed by atoms with van der Waals surface area (Å²) in [6, 6.07) is 27.8. The zero-order valence-corrected chi connectivity index (χ0v) is 16.7. The van der Waals surface area contributed by atoms with Crippen LogP contribution in [0.3, 0.4) is 0 Å². The SMILES string of the molecule is Clc1cccc(C2(I)c3ccccc3CCN2Cc2ccccc2)c1. The molecule has 0 saturated heterocycles. The maximum Gasteiger partial charge on any atom is 0.125 e. The van der Waals surface area contributed by atoms with Crippen molar-refractivity contribution in [3.63, 3.8) is 0 Å². The van der Waals surface area contributed by atoms with E-state index in [9.17, 15) is 0 Å². The minimum atomic E-state index is -0.215. The topological polar surface area (TPSA) is 3.24 Å². The van der Waals surface area contributed by atoms with Crippen LogP contribution in [0.15, 0.2) is 78.9 Å². The molecule has 0 aromatic heterocycles. The summed E-state index contributed by atoms with van der Waals surface area (Å²) in [5.74, 6) is 0. The Bertz CT molecular complexity index is 880. The van der Waals surface area contributed by atoms with Crippen molar-refractivity contribution in [1.29, 1.82) is 0 Å². The highest BCUT2D eigenvalue weighted by Gasteiger charge is 2.41. The summed E-state index contributed by atoms with van der Waals surface area (Å²) in [5.41, 5.74) is 5.38. The van der Waals surface area contributed by atoms with E-state index in [2.05, 4.69) is 100 Å². The van der Waals surface area contributed by atoms with Crippen LogP contribution in [-0.2, 0) is 16.5 Å². The Kier molecular flexibility index (Phi) is 4.85. The molecule has 1 aliphatic heterocycles. The molecule has 0 N–H and O–H groups in total. The summed E-state index contributed by atoms with van der Waals surface area (Å²) in [5, 5.41) is 0.788. The highest BCUT2D eigenvalue weighted by Crippen LogP contribution is 2.47. The van der Waals surface area contributed by atoms with Crippen LogP contribution in [0.2, 0.25) is 5.02 Å². The fourth-order valence-corrected chi connectivity index (χ4v) is 5.13. The lowest BCUT2D eigenvalue weighted by Gasteiger charge is -2.45. The molecule has 3 aromatic rings. The van der Waals surface area contributed by atoms with E-state index in [1.165, 1.54) is 22.3 Å². The standard InChI is InChI=1S/C22H19ClIN/c23-20-11-6-10-19(15-20)22(24)21-12-5-4-9-18(21)13-14-25(22)16-17-7-2-1-3-8-17/h1-12,15H,13-14,16H2. The number of hydrogen-bond donors (Lipinski definition) is 0. The van der Waals surface area contributed by atoms with Crippen molar-refractivity contribution >= 4 is 34.2 Å². The molecule has 0 fully saturated rings. The van der Waals surface area contributed by atoms with Crippen molar-refractivity contribution in [2.75, 3.05) is 6.54 Å². The summed E-state index contributed by atoms with van der Waals surface area (Å²) in [4.78, 5) is 2.57. The Labute approximate surface area is 167 Å². The van der Waals surface area contributed by atoms with E-state index in [-0.39, 0.29) is 3.55 Å². The molecule has 1 unspecified atom stereocenters. The van der Waals surface area contributed by atoms with Gasteiger partial charge in [-0.25, -0.2) is 0 Å². The molecular formula is C22H19ClIN. The van der Waals surface area contributed by atoms with Crippen molar-refractivity contribution in [2.24, 2.45) is 0 Å². The van der Waals surface area contributed by atoms with Gasteiger partial charge >= 0.3 is 0 Å². The molecule has 3 aromatic carbocycles. The first-order valence-corrected chi connectivity index (χ1v) is 9.96.